The van der Waals surface area contributed by atoms with Gasteiger partial charge in [0.2, 0.25) is 16.9 Å². The van der Waals surface area contributed by atoms with Crippen LogP contribution in [0.5, 0.6) is 0 Å². The molecule has 2 aromatic heterocycles. The Hall–Kier alpha value is -6.58. The van der Waals surface area contributed by atoms with E-state index in [0.29, 0.717) is 5.56 Å². The largest absolute Gasteiger partial charge is 0.744 e. The van der Waals surface area contributed by atoms with Crippen molar-refractivity contribution in [2.75, 3.05) is 10.6 Å². The number of carbonyl (C=O) groups is 2. The maximum Gasteiger partial charge on any atom is 0.255 e. The van der Waals surface area contributed by atoms with E-state index < -0.39 is 20.2 Å². The van der Waals surface area contributed by atoms with Crippen molar-refractivity contribution < 1.29 is 44.7 Å². The maximum absolute atomic E-state index is 12.9. The number of pyridine rings is 2. The van der Waals surface area contributed by atoms with E-state index in [9.17, 15) is 35.5 Å². The number of aromatic nitrogens is 2. The van der Waals surface area contributed by atoms with Crippen molar-refractivity contribution >= 4 is 71.3 Å². The number of fused-ring (bicyclic) bond motifs is 2. The molecular weight excluding hydrogens is 849 g/mol. The first-order valence-electron chi connectivity index (χ1n) is 20.8. The van der Waals surface area contributed by atoms with Crippen LogP contribution in [0.25, 0.3) is 27.9 Å². The van der Waals surface area contributed by atoms with Gasteiger partial charge in [-0.05, 0) is 98.3 Å². The summed E-state index contributed by atoms with van der Waals surface area (Å²) in [6, 6.07) is 39.0. The van der Waals surface area contributed by atoms with Gasteiger partial charge in [0.25, 0.3) is 5.91 Å². The fraction of sp³-hybridized carbons (Fsp3) is 0.200. The van der Waals surface area contributed by atoms with Crippen LogP contribution in [0, 0.1) is 13.8 Å². The molecule has 7 rings (SSSR count). The highest BCUT2D eigenvalue weighted by Crippen LogP contribution is 2.19. The first-order chi connectivity index (χ1) is 30.5. The predicted molar refractivity (Wildman–Crippen MR) is 248 cm³/mol. The van der Waals surface area contributed by atoms with E-state index in [2.05, 4.69) is 70.3 Å². The SMILES string of the molecule is CCCC[n+]1cccc2cc(NC(=O)/C=C/c3ccc(C(=O)Nc4ccc5c(ccc[n+]5CCCC)c4)cc3)ccc21.Cc1ccc(S(=O)(=O)[O-])cc1.Cc1ccc(S(=O)(=O)[O-])cc1. The lowest BCUT2D eigenvalue weighted by Gasteiger charge is -2.07. The number of hydrogen-bond donors (Lipinski definition) is 2. The molecule has 14 heteroatoms. The highest BCUT2D eigenvalue weighted by Gasteiger charge is 2.12. The molecule has 0 bridgehead atoms. The molecule has 7 aromatic rings. The summed E-state index contributed by atoms with van der Waals surface area (Å²) in [7, 11) is -8.54. The minimum absolute atomic E-state index is 0.176. The summed E-state index contributed by atoms with van der Waals surface area (Å²) in [6.45, 7) is 9.97. The monoisotopic (exact) mass is 900 g/mol. The second-order valence-corrected chi connectivity index (χ2v) is 17.8. The van der Waals surface area contributed by atoms with E-state index in [0.717, 1.165) is 88.6 Å². The highest BCUT2D eigenvalue weighted by molar-refractivity contribution is 7.86. The molecule has 12 nitrogen and oxygen atoms in total. The van der Waals surface area contributed by atoms with Crippen LogP contribution >= 0.6 is 0 Å². The summed E-state index contributed by atoms with van der Waals surface area (Å²) in [5.74, 6) is -0.386. The Morgan fingerprint density at radius 1 is 0.578 bits per heavy atom. The Kier molecular flexibility index (Phi) is 17.2. The minimum Gasteiger partial charge on any atom is -0.744 e. The van der Waals surface area contributed by atoms with Crippen molar-refractivity contribution in [1.82, 2.24) is 0 Å². The smallest absolute Gasteiger partial charge is 0.255 e. The normalized spacial score (nSPS) is 11.3. The summed E-state index contributed by atoms with van der Waals surface area (Å²) in [6.07, 6.45) is 12.0. The van der Waals surface area contributed by atoms with Crippen LogP contribution in [0.15, 0.2) is 162 Å². The van der Waals surface area contributed by atoms with Gasteiger partial charge in [0.1, 0.15) is 33.3 Å². The second-order valence-electron chi connectivity index (χ2n) is 15.1. The van der Waals surface area contributed by atoms with Gasteiger partial charge >= 0.3 is 0 Å². The Balaban J connectivity index is 0.000000284. The lowest BCUT2D eigenvalue weighted by Crippen LogP contribution is -2.33. The molecular formula is C50H52N4O8S2. The van der Waals surface area contributed by atoms with E-state index in [-0.39, 0.29) is 21.6 Å². The number of anilines is 2. The molecule has 0 fully saturated rings. The molecule has 332 valence electrons. The third-order valence-electron chi connectivity index (χ3n) is 10.0. The van der Waals surface area contributed by atoms with Gasteiger partial charge in [-0.15, -0.1) is 0 Å². The first kappa shape index (κ1) is 48.5. The van der Waals surface area contributed by atoms with Crippen molar-refractivity contribution in [2.45, 2.75) is 76.3 Å². The fourth-order valence-electron chi connectivity index (χ4n) is 6.48. The van der Waals surface area contributed by atoms with Crippen molar-refractivity contribution in [3.63, 3.8) is 0 Å². The Morgan fingerprint density at radius 2 is 1.02 bits per heavy atom. The number of benzene rings is 5. The molecule has 0 aliphatic rings. The van der Waals surface area contributed by atoms with Gasteiger partial charge in [-0.1, -0.05) is 74.2 Å². The van der Waals surface area contributed by atoms with Gasteiger partial charge < -0.3 is 19.7 Å². The van der Waals surface area contributed by atoms with Crippen LogP contribution in [0.1, 0.15) is 66.6 Å². The number of rotatable bonds is 13. The van der Waals surface area contributed by atoms with Crippen LogP contribution in [0.3, 0.4) is 0 Å². The van der Waals surface area contributed by atoms with Gasteiger partial charge in [-0.2, -0.15) is 9.13 Å². The van der Waals surface area contributed by atoms with E-state index in [4.69, 9.17) is 0 Å². The third kappa shape index (κ3) is 14.5. The average Bonchev–Trinajstić information content (AvgIpc) is 3.27. The van der Waals surface area contributed by atoms with Gasteiger partial charge in [0, 0.05) is 70.9 Å². The number of aryl methyl sites for hydroxylation is 4. The quantitative estimate of drug-likeness (QED) is 0.0654. The fourth-order valence-corrected chi connectivity index (χ4v) is 7.42. The number of unbranched alkanes of at least 4 members (excludes halogenated alkanes) is 2. The molecule has 0 saturated carbocycles. The molecule has 0 aliphatic heterocycles. The molecule has 64 heavy (non-hydrogen) atoms. The number of amides is 2. The van der Waals surface area contributed by atoms with Crippen LogP contribution in [0.2, 0.25) is 0 Å². The standard InChI is InChI=1S/C36H36N4O2.2C7H8O3S/c1-3-5-21-39-23-7-9-29-25-31(16-18-33(29)39)37-35(41)20-13-27-11-14-28(15-12-27)36(42)38-32-17-19-34-30(26-32)10-8-24-40(34)22-6-4-2;2*1-6-2-4-7(5-3-6)11(8,9)10/h7-20,23-26H,3-6,21-22H2,1-2H3;2*2-5H,1H3,(H,8,9,10)/b20-13+;;. The average molecular weight is 901 g/mol. The minimum atomic E-state index is -4.27. The zero-order chi connectivity index (χ0) is 46.3. The molecule has 5 aromatic carbocycles. The molecule has 0 aliphatic carbocycles. The number of nitrogens with zero attached hydrogens (tertiary/aromatic N) is 2. The molecule has 0 saturated heterocycles. The molecule has 0 spiro atoms. The zero-order valence-electron chi connectivity index (χ0n) is 36.2. The van der Waals surface area contributed by atoms with Gasteiger partial charge in [0.05, 0.1) is 9.79 Å². The van der Waals surface area contributed by atoms with E-state index >= 15 is 0 Å². The summed E-state index contributed by atoms with van der Waals surface area (Å²) in [5.41, 5.74) is 7.05. The lowest BCUT2D eigenvalue weighted by molar-refractivity contribution is -0.672. The van der Waals surface area contributed by atoms with Crippen LogP contribution < -0.4 is 19.8 Å². The maximum atomic E-state index is 12.9. The van der Waals surface area contributed by atoms with Crippen LogP contribution in [-0.4, -0.2) is 37.8 Å². The van der Waals surface area contributed by atoms with Crippen molar-refractivity contribution in [1.29, 1.82) is 0 Å². The number of hydrogen-bond acceptors (Lipinski definition) is 8. The first-order valence-corrected chi connectivity index (χ1v) is 23.7. The third-order valence-corrected chi connectivity index (χ3v) is 11.7. The molecule has 2 amide bonds. The highest BCUT2D eigenvalue weighted by atomic mass is 32.2. The van der Waals surface area contributed by atoms with Crippen LogP contribution in [0.4, 0.5) is 11.4 Å². The van der Waals surface area contributed by atoms with Gasteiger partial charge in [-0.25, -0.2) is 16.8 Å². The molecule has 0 radical (unpaired) electrons. The number of carbonyl (C=O) groups excluding carboxylic acids is 2. The lowest BCUT2D eigenvalue weighted by atomic mass is 10.1. The van der Waals surface area contributed by atoms with Crippen molar-refractivity contribution in [2.24, 2.45) is 0 Å². The Bertz CT molecular complexity index is 2880. The van der Waals surface area contributed by atoms with E-state index in [1.165, 1.54) is 30.3 Å². The summed E-state index contributed by atoms with van der Waals surface area (Å²) < 4.78 is 66.8. The Morgan fingerprint density at radius 3 is 1.44 bits per heavy atom. The van der Waals surface area contributed by atoms with Crippen molar-refractivity contribution in [3.8, 4) is 0 Å². The summed E-state index contributed by atoms with van der Waals surface area (Å²) in [5, 5.41) is 8.13. The Labute approximate surface area is 375 Å². The van der Waals surface area contributed by atoms with Gasteiger partial charge in [0.15, 0.2) is 12.4 Å². The van der Waals surface area contributed by atoms with Gasteiger partial charge in [-0.3, -0.25) is 9.59 Å². The molecule has 0 unspecified atom stereocenters. The van der Waals surface area contributed by atoms with Crippen molar-refractivity contribution in [3.05, 3.63) is 174 Å². The molecule has 2 N–H and O–H groups in total. The van der Waals surface area contributed by atoms with Crippen LogP contribution in [-0.2, 0) is 38.1 Å². The number of nitrogens with one attached hydrogen (secondary N) is 2. The zero-order valence-corrected chi connectivity index (χ0v) is 37.9. The summed E-state index contributed by atoms with van der Waals surface area (Å²) >= 11 is 0. The second kappa shape index (κ2) is 22.7. The molecule has 2 heterocycles. The predicted octanol–water partition coefficient (Wildman–Crippen LogP) is 8.87. The summed E-state index contributed by atoms with van der Waals surface area (Å²) in [4.78, 5) is 25.2. The van der Waals surface area contributed by atoms with E-state index in [1.54, 1.807) is 42.5 Å². The van der Waals surface area contributed by atoms with E-state index in [1.807, 2.05) is 62.4 Å². The topological polar surface area (TPSA) is 180 Å². The molecule has 0 atom stereocenters.